The number of hydrogen-bond donors (Lipinski definition) is 2. The van der Waals surface area contributed by atoms with Crippen molar-refractivity contribution in [1.82, 2.24) is 15.5 Å². The molecule has 2 fully saturated rings. The average molecular weight is 351 g/mol. The topological polar surface area (TPSA) is 48.9 Å². The van der Waals surface area contributed by atoms with Crippen LogP contribution in [0.15, 0.2) is 29.3 Å². The first-order chi connectivity index (χ1) is 11.8. The second kappa shape index (κ2) is 8.70. The van der Waals surface area contributed by atoms with E-state index in [-0.39, 0.29) is 6.04 Å². The maximum absolute atomic E-state index is 6.21. The Balaban J connectivity index is 1.75. The van der Waals surface area contributed by atoms with Gasteiger partial charge in [0.1, 0.15) is 0 Å². The molecule has 2 aliphatic rings. The van der Waals surface area contributed by atoms with E-state index in [1.807, 2.05) is 12.1 Å². The predicted octanol–water partition coefficient (Wildman–Crippen LogP) is 2.43. The van der Waals surface area contributed by atoms with Crippen molar-refractivity contribution in [2.75, 3.05) is 39.4 Å². The number of nitrogens with zero attached hydrogens (tertiary/aromatic N) is 2. The van der Waals surface area contributed by atoms with E-state index in [9.17, 15) is 0 Å². The number of aliphatic imine (C=N–C) groups is 1. The highest BCUT2D eigenvalue weighted by atomic mass is 35.5. The Bertz CT molecular complexity index is 556. The summed E-state index contributed by atoms with van der Waals surface area (Å²) in [5.41, 5.74) is 1.22. The lowest BCUT2D eigenvalue weighted by molar-refractivity contribution is 0.0180. The zero-order valence-electron chi connectivity index (χ0n) is 14.3. The molecule has 1 heterocycles. The SMILES string of the molecule is CCNC(=NCC(c1cccc(Cl)c1)N1CCOCC1)NC1CC1. The molecule has 3 rings (SSSR count). The largest absolute Gasteiger partial charge is 0.379 e. The van der Waals surface area contributed by atoms with Crippen LogP contribution in [0.4, 0.5) is 0 Å². The molecule has 0 radical (unpaired) electrons. The summed E-state index contributed by atoms with van der Waals surface area (Å²) in [5.74, 6) is 0.917. The Morgan fingerprint density at radius 2 is 2.17 bits per heavy atom. The number of rotatable bonds is 6. The van der Waals surface area contributed by atoms with E-state index >= 15 is 0 Å². The van der Waals surface area contributed by atoms with Crippen LogP contribution in [-0.2, 0) is 4.74 Å². The molecule has 1 saturated carbocycles. The molecule has 1 aromatic rings. The van der Waals surface area contributed by atoms with Crippen molar-refractivity contribution >= 4 is 17.6 Å². The maximum atomic E-state index is 6.21. The number of morpholine rings is 1. The fourth-order valence-electron chi connectivity index (χ4n) is 2.95. The molecule has 1 aromatic carbocycles. The zero-order chi connectivity index (χ0) is 16.8. The summed E-state index contributed by atoms with van der Waals surface area (Å²) < 4.78 is 5.51. The molecule has 0 amide bonds. The van der Waals surface area contributed by atoms with Gasteiger partial charge in [0.05, 0.1) is 25.8 Å². The molecule has 2 N–H and O–H groups in total. The quantitative estimate of drug-likeness (QED) is 0.611. The average Bonchev–Trinajstić information content (AvgIpc) is 3.40. The standard InChI is InChI=1S/C18H27ClN4O/c1-2-20-18(22-16-6-7-16)21-13-17(23-8-10-24-11-9-23)14-4-3-5-15(19)12-14/h3-5,12,16-17H,2,6-11,13H2,1H3,(H2,20,21,22). The third-order valence-corrected chi connectivity index (χ3v) is 4.64. The number of nitrogens with one attached hydrogen (secondary N) is 2. The number of guanidine groups is 1. The van der Waals surface area contributed by atoms with Gasteiger partial charge in [-0.2, -0.15) is 0 Å². The highest BCUT2D eigenvalue weighted by Crippen LogP contribution is 2.25. The normalized spacial score (nSPS) is 20.7. The summed E-state index contributed by atoms with van der Waals surface area (Å²) in [6.07, 6.45) is 2.48. The van der Waals surface area contributed by atoms with Gasteiger partial charge >= 0.3 is 0 Å². The molecular weight excluding hydrogens is 324 g/mol. The van der Waals surface area contributed by atoms with Gasteiger partial charge in [-0.25, -0.2) is 0 Å². The van der Waals surface area contributed by atoms with Gasteiger partial charge in [-0.1, -0.05) is 23.7 Å². The molecule has 1 atom stereocenters. The first kappa shape index (κ1) is 17.5. The van der Waals surface area contributed by atoms with Crippen LogP contribution in [0, 0.1) is 0 Å². The van der Waals surface area contributed by atoms with Gasteiger partial charge in [0.25, 0.3) is 0 Å². The summed E-state index contributed by atoms with van der Waals surface area (Å²) in [6, 6.07) is 8.95. The fraction of sp³-hybridized carbons (Fsp3) is 0.611. The number of hydrogen-bond acceptors (Lipinski definition) is 3. The molecule has 1 aliphatic carbocycles. The van der Waals surface area contributed by atoms with E-state index in [1.54, 1.807) is 0 Å². The summed E-state index contributed by atoms with van der Waals surface area (Å²) in [5, 5.41) is 7.60. The first-order valence-electron chi connectivity index (χ1n) is 8.88. The van der Waals surface area contributed by atoms with Crippen molar-refractivity contribution in [2.45, 2.75) is 31.8 Å². The molecule has 6 heteroatoms. The van der Waals surface area contributed by atoms with Crippen molar-refractivity contribution < 1.29 is 4.74 Å². The molecule has 0 bridgehead atoms. The lowest BCUT2D eigenvalue weighted by Crippen LogP contribution is -2.42. The lowest BCUT2D eigenvalue weighted by Gasteiger charge is -2.34. The minimum atomic E-state index is 0.224. The zero-order valence-corrected chi connectivity index (χ0v) is 15.1. The van der Waals surface area contributed by atoms with Crippen molar-refractivity contribution in [3.63, 3.8) is 0 Å². The van der Waals surface area contributed by atoms with E-state index < -0.39 is 0 Å². The molecule has 0 spiro atoms. The second-order valence-electron chi connectivity index (χ2n) is 6.36. The summed E-state index contributed by atoms with van der Waals surface area (Å²) in [7, 11) is 0. The van der Waals surface area contributed by atoms with Gasteiger partial charge in [-0.05, 0) is 37.5 Å². The van der Waals surface area contributed by atoms with E-state index in [0.29, 0.717) is 12.6 Å². The van der Waals surface area contributed by atoms with Crippen LogP contribution >= 0.6 is 11.6 Å². The Kier molecular flexibility index (Phi) is 6.35. The van der Waals surface area contributed by atoms with Crippen molar-refractivity contribution in [3.05, 3.63) is 34.9 Å². The van der Waals surface area contributed by atoms with Gasteiger partial charge in [0.15, 0.2) is 5.96 Å². The smallest absolute Gasteiger partial charge is 0.191 e. The van der Waals surface area contributed by atoms with E-state index in [4.69, 9.17) is 21.3 Å². The van der Waals surface area contributed by atoms with Gasteiger partial charge in [-0.15, -0.1) is 0 Å². The van der Waals surface area contributed by atoms with E-state index in [2.05, 4.69) is 34.6 Å². The Labute approximate surface area is 149 Å². The summed E-state index contributed by atoms with van der Waals surface area (Å²) in [6.45, 7) is 7.10. The third-order valence-electron chi connectivity index (χ3n) is 4.40. The van der Waals surface area contributed by atoms with Gasteiger partial charge in [-0.3, -0.25) is 9.89 Å². The van der Waals surface area contributed by atoms with Crippen LogP contribution in [0.2, 0.25) is 5.02 Å². The highest BCUT2D eigenvalue weighted by molar-refractivity contribution is 6.30. The van der Waals surface area contributed by atoms with Crippen LogP contribution in [0.5, 0.6) is 0 Å². The predicted molar refractivity (Wildman–Crippen MR) is 98.7 cm³/mol. The number of halogens is 1. The molecule has 1 unspecified atom stereocenters. The summed E-state index contributed by atoms with van der Waals surface area (Å²) in [4.78, 5) is 7.29. The van der Waals surface area contributed by atoms with Crippen molar-refractivity contribution in [1.29, 1.82) is 0 Å². The minimum Gasteiger partial charge on any atom is -0.379 e. The van der Waals surface area contributed by atoms with Crippen LogP contribution in [0.3, 0.4) is 0 Å². The Morgan fingerprint density at radius 3 is 2.83 bits per heavy atom. The molecule has 132 valence electrons. The van der Waals surface area contributed by atoms with Gasteiger partial charge in [0, 0.05) is 30.7 Å². The molecular formula is C18H27ClN4O. The number of ether oxygens (including phenoxy) is 1. The Hall–Kier alpha value is -1.30. The van der Waals surface area contributed by atoms with Crippen LogP contribution in [-0.4, -0.2) is 56.3 Å². The molecule has 5 nitrogen and oxygen atoms in total. The summed E-state index contributed by atoms with van der Waals surface area (Å²) >= 11 is 6.21. The Morgan fingerprint density at radius 1 is 1.38 bits per heavy atom. The van der Waals surface area contributed by atoms with E-state index in [0.717, 1.165) is 43.8 Å². The fourth-order valence-corrected chi connectivity index (χ4v) is 3.15. The lowest BCUT2D eigenvalue weighted by atomic mass is 10.0. The maximum Gasteiger partial charge on any atom is 0.191 e. The molecule has 0 aromatic heterocycles. The van der Waals surface area contributed by atoms with Crippen LogP contribution in [0.25, 0.3) is 0 Å². The number of benzene rings is 1. The highest BCUT2D eigenvalue weighted by Gasteiger charge is 2.24. The van der Waals surface area contributed by atoms with Gasteiger partial charge < -0.3 is 15.4 Å². The molecule has 1 saturated heterocycles. The van der Waals surface area contributed by atoms with Crippen LogP contribution in [0.1, 0.15) is 31.4 Å². The second-order valence-corrected chi connectivity index (χ2v) is 6.79. The third kappa shape index (κ3) is 5.10. The minimum absolute atomic E-state index is 0.224. The monoisotopic (exact) mass is 350 g/mol. The van der Waals surface area contributed by atoms with E-state index in [1.165, 1.54) is 18.4 Å². The van der Waals surface area contributed by atoms with Crippen molar-refractivity contribution in [2.24, 2.45) is 4.99 Å². The molecule has 1 aliphatic heterocycles. The van der Waals surface area contributed by atoms with Crippen molar-refractivity contribution in [3.8, 4) is 0 Å². The first-order valence-corrected chi connectivity index (χ1v) is 9.26. The van der Waals surface area contributed by atoms with Gasteiger partial charge in [0.2, 0.25) is 0 Å². The molecule has 24 heavy (non-hydrogen) atoms. The van der Waals surface area contributed by atoms with Crippen LogP contribution < -0.4 is 10.6 Å².